The molecule has 1 aliphatic heterocycles. The Labute approximate surface area is 256 Å². The second-order valence-corrected chi connectivity index (χ2v) is 12.0. The summed E-state index contributed by atoms with van der Waals surface area (Å²) in [6, 6.07) is 10.3. The number of halogens is 3. The number of nitrogens with zero attached hydrogens (tertiary/aromatic N) is 7. The molecule has 0 amide bonds. The average molecular weight is 618 g/mol. The van der Waals surface area contributed by atoms with Crippen molar-refractivity contribution in [2.45, 2.75) is 45.3 Å². The Bertz CT molecular complexity index is 1950. The van der Waals surface area contributed by atoms with Crippen LogP contribution in [0, 0.1) is 29.8 Å². The van der Waals surface area contributed by atoms with E-state index in [2.05, 4.69) is 15.2 Å². The lowest BCUT2D eigenvalue weighted by Crippen LogP contribution is -2.36. The molecule has 1 saturated heterocycles. The van der Waals surface area contributed by atoms with Crippen LogP contribution in [0.4, 0.5) is 19.0 Å². The number of fused-ring (bicyclic) bond motifs is 1. The highest BCUT2D eigenvalue weighted by atomic mass is 19.1. The Morgan fingerprint density at radius 2 is 1.84 bits per heavy atom. The van der Waals surface area contributed by atoms with E-state index < -0.39 is 23.4 Å². The number of aromatic carboxylic acids is 1. The molecule has 4 heterocycles. The lowest BCUT2D eigenvalue weighted by Gasteiger charge is -2.34. The molecule has 232 valence electrons. The van der Waals surface area contributed by atoms with Crippen LogP contribution >= 0.6 is 0 Å². The fraction of sp³-hybridized carbons (Fsp3) is 0.344. The Balaban J connectivity index is 1.10. The molecule has 2 aromatic carbocycles. The molecule has 13 heteroatoms. The Morgan fingerprint density at radius 3 is 2.56 bits per heavy atom. The number of hydrogen-bond donors (Lipinski definition) is 1. The number of imidazole rings is 1. The monoisotopic (exact) mass is 617 g/mol. The molecule has 0 bridgehead atoms. The van der Waals surface area contributed by atoms with Crippen molar-refractivity contribution < 1.29 is 27.8 Å². The second kappa shape index (κ2) is 10.9. The fourth-order valence-corrected chi connectivity index (χ4v) is 6.41. The quantitative estimate of drug-likeness (QED) is 0.247. The van der Waals surface area contributed by atoms with Crippen LogP contribution in [0.2, 0.25) is 0 Å². The molecule has 1 N–H and O–H groups in total. The van der Waals surface area contributed by atoms with Gasteiger partial charge in [-0.05, 0) is 61.4 Å². The van der Waals surface area contributed by atoms with Crippen LogP contribution in [0.25, 0.3) is 11.0 Å². The van der Waals surface area contributed by atoms with Gasteiger partial charge in [-0.25, -0.2) is 22.9 Å². The molecule has 1 spiro atoms. The number of hydrogen-bond acceptors (Lipinski definition) is 7. The first kappa shape index (κ1) is 28.8. The smallest absolute Gasteiger partial charge is 0.335 e. The third-order valence-corrected chi connectivity index (χ3v) is 9.14. The zero-order valence-electron chi connectivity index (χ0n) is 24.7. The van der Waals surface area contributed by atoms with Gasteiger partial charge in [0.1, 0.15) is 24.6 Å². The van der Waals surface area contributed by atoms with E-state index in [0.29, 0.717) is 36.5 Å². The van der Waals surface area contributed by atoms with E-state index in [1.54, 1.807) is 48.5 Å². The average Bonchev–Trinajstić information content (AvgIpc) is 3.34. The maximum Gasteiger partial charge on any atom is 0.335 e. The molecule has 7 rings (SSSR count). The number of ether oxygens (including phenoxy) is 1. The number of piperidine rings is 1. The van der Waals surface area contributed by atoms with E-state index in [0.717, 1.165) is 36.7 Å². The summed E-state index contributed by atoms with van der Waals surface area (Å²) in [6.45, 7) is 2.88. The van der Waals surface area contributed by atoms with E-state index in [1.165, 1.54) is 6.07 Å². The van der Waals surface area contributed by atoms with Crippen molar-refractivity contribution in [3.63, 3.8) is 0 Å². The minimum Gasteiger partial charge on any atom is -0.478 e. The lowest BCUT2D eigenvalue weighted by atomic mass is 9.90. The van der Waals surface area contributed by atoms with Crippen LogP contribution in [0.3, 0.4) is 0 Å². The first-order chi connectivity index (χ1) is 21.6. The van der Waals surface area contributed by atoms with Crippen molar-refractivity contribution in [2.75, 3.05) is 18.0 Å². The van der Waals surface area contributed by atoms with Gasteiger partial charge in [0, 0.05) is 37.7 Å². The largest absolute Gasteiger partial charge is 0.478 e. The summed E-state index contributed by atoms with van der Waals surface area (Å²) in [5.74, 6) is -1.92. The molecule has 2 aliphatic rings. The van der Waals surface area contributed by atoms with Crippen molar-refractivity contribution in [2.24, 2.45) is 12.5 Å². The normalized spacial score (nSPS) is 17.3. The van der Waals surface area contributed by atoms with Gasteiger partial charge >= 0.3 is 5.97 Å². The summed E-state index contributed by atoms with van der Waals surface area (Å²) in [6.07, 6.45) is 3.96. The second-order valence-electron chi connectivity index (χ2n) is 12.0. The SMILES string of the molecule is Cc1ccc(COc2nc(N3CCC4(CC3)CC4c3nc4ccc(C(=O)O)cc4n3Cc3nncn3C)c(F)cc2F)c(F)c1. The van der Waals surface area contributed by atoms with Crippen LogP contribution in [0.5, 0.6) is 5.88 Å². The first-order valence-corrected chi connectivity index (χ1v) is 14.7. The number of benzene rings is 2. The maximum atomic E-state index is 15.0. The molecule has 1 unspecified atom stereocenters. The molecule has 0 radical (unpaired) electrons. The third-order valence-electron chi connectivity index (χ3n) is 9.14. The summed E-state index contributed by atoms with van der Waals surface area (Å²) in [5, 5.41) is 17.8. The highest BCUT2D eigenvalue weighted by Gasteiger charge is 2.57. The van der Waals surface area contributed by atoms with Gasteiger partial charge in [0.25, 0.3) is 5.88 Å². The minimum absolute atomic E-state index is 0.00134. The van der Waals surface area contributed by atoms with Crippen molar-refractivity contribution in [3.05, 3.63) is 94.6 Å². The van der Waals surface area contributed by atoms with Gasteiger partial charge in [0.2, 0.25) is 0 Å². The number of aromatic nitrogens is 6. The number of anilines is 1. The molecule has 3 aromatic heterocycles. The molecule has 2 fully saturated rings. The van der Waals surface area contributed by atoms with E-state index in [1.807, 2.05) is 16.2 Å². The zero-order valence-corrected chi connectivity index (χ0v) is 24.7. The number of carboxylic acid groups (broad SMARTS) is 1. The van der Waals surface area contributed by atoms with Crippen molar-refractivity contribution in [1.29, 1.82) is 0 Å². The molecule has 5 aromatic rings. The molecule has 1 aliphatic carbocycles. The van der Waals surface area contributed by atoms with Crippen LogP contribution in [0.15, 0.2) is 48.8 Å². The first-order valence-electron chi connectivity index (χ1n) is 14.7. The highest BCUT2D eigenvalue weighted by Crippen LogP contribution is 2.65. The molecular formula is C32H30F3N7O3. The van der Waals surface area contributed by atoms with Crippen LogP contribution < -0.4 is 9.64 Å². The summed E-state index contributed by atoms with van der Waals surface area (Å²) in [5.41, 5.74) is 2.52. The molecule has 1 saturated carbocycles. The van der Waals surface area contributed by atoms with Gasteiger partial charge in [-0.15, -0.1) is 10.2 Å². The Kier molecular flexibility index (Phi) is 6.98. The number of pyridine rings is 1. The van der Waals surface area contributed by atoms with Crippen molar-refractivity contribution in [1.82, 2.24) is 29.3 Å². The van der Waals surface area contributed by atoms with Crippen LogP contribution in [-0.2, 0) is 20.2 Å². The van der Waals surface area contributed by atoms with Gasteiger partial charge in [-0.3, -0.25) is 0 Å². The number of aryl methyl sites for hydroxylation is 2. The van der Waals surface area contributed by atoms with Gasteiger partial charge < -0.3 is 23.9 Å². The summed E-state index contributed by atoms with van der Waals surface area (Å²) in [4.78, 5) is 22.6. The standard InChI is InChI=1S/C32H30F3N7O3/c1-18-3-4-20(22(33)11-18)16-45-30-24(35)13-23(34)29(38-30)41-9-7-32(8-10-41)14-21(32)28-37-25-6-5-19(31(43)44)12-26(25)42(28)15-27-39-36-17-40(27)2/h3-6,11-13,17,21H,7-10,14-16H2,1-2H3,(H,43,44). The van der Waals surface area contributed by atoms with E-state index in [-0.39, 0.29) is 40.8 Å². The predicted octanol–water partition coefficient (Wildman–Crippen LogP) is 5.39. The topological polar surface area (TPSA) is 111 Å². The maximum absolute atomic E-state index is 15.0. The number of carbonyl (C=O) groups is 1. The van der Waals surface area contributed by atoms with Crippen molar-refractivity contribution >= 4 is 22.8 Å². The van der Waals surface area contributed by atoms with E-state index in [9.17, 15) is 23.1 Å². The van der Waals surface area contributed by atoms with E-state index >= 15 is 0 Å². The summed E-state index contributed by atoms with van der Waals surface area (Å²) in [7, 11) is 1.85. The number of carboxylic acids is 1. The molecule has 45 heavy (non-hydrogen) atoms. The Hall–Kier alpha value is -4.94. The predicted molar refractivity (Wildman–Crippen MR) is 158 cm³/mol. The Morgan fingerprint density at radius 1 is 1.04 bits per heavy atom. The van der Waals surface area contributed by atoms with Gasteiger partial charge in [-0.2, -0.15) is 4.98 Å². The zero-order chi connectivity index (χ0) is 31.5. The van der Waals surface area contributed by atoms with Crippen LogP contribution in [-0.4, -0.2) is 53.5 Å². The van der Waals surface area contributed by atoms with Gasteiger partial charge in [0.15, 0.2) is 23.3 Å². The van der Waals surface area contributed by atoms with Gasteiger partial charge in [0.05, 0.1) is 23.1 Å². The van der Waals surface area contributed by atoms with Crippen molar-refractivity contribution in [3.8, 4) is 5.88 Å². The molecule has 10 nitrogen and oxygen atoms in total. The lowest BCUT2D eigenvalue weighted by molar-refractivity contribution is 0.0697. The molecular weight excluding hydrogens is 587 g/mol. The van der Waals surface area contributed by atoms with Crippen LogP contribution in [0.1, 0.15) is 58.3 Å². The van der Waals surface area contributed by atoms with Gasteiger partial charge in [-0.1, -0.05) is 12.1 Å². The third kappa shape index (κ3) is 5.25. The number of rotatable bonds is 8. The fourth-order valence-electron chi connectivity index (χ4n) is 6.41. The summed E-state index contributed by atoms with van der Waals surface area (Å²) >= 11 is 0. The van der Waals surface area contributed by atoms with E-state index in [4.69, 9.17) is 9.72 Å². The molecule has 1 atom stereocenters. The minimum atomic E-state index is -1.02. The summed E-state index contributed by atoms with van der Waals surface area (Å²) < 4.78 is 53.2. The highest BCUT2D eigenvalue weighted by molar-refractivity contribution is 5.92.